The molecule has 0 bridgehead atoms. The first kappa shape index (κ1) is 14.7. The number of carboxylic acid groups (broad SMARTS) is 1. The number of aliphatic carboxylic acids is 1. The zero-order chi connectivity index (χ0) is 12.6. The monoisotopic (exact) mass is 227 g/mol. The van der Waals surface area contributed by atoms with Crippen molar-refractivity contribution < 1.29 is 14.7 Å². The van der Waals surface area contributed by atoms with Gasteiger partial charge in [-0.15, -0.1) is 6.58 Å². The topological polar surface area (TPSA) is 66.4 Å². The second kappa shape index (κ2) is 7.91. The van der Waals surface area contributed by atoms with Gasteiger partial charge in [-0.2, -0.15) is 0 Å². The lowest BCUT2D eigenvalue weighted by atomic mass is 9.96. The number of nitrogens with one attached hydrogen (secondary N) is 1. The molecule has 0 aliphatic carbocycles. The van der Waals surface area contributed by atoms with Gasteiger partial charge in [0.25, 0.3) is 0 Å². The zero-order valence-corrected chi connectivity index (χ0v) is 10.0. The van der Waals surface area contributed by atoms with Crippen LogP contribution in [0.3, 0.4) is 0 Å². The van der Waals surface area contributed by atoms with E-state index in [9.17, 15) is 9.59 Å². The molecular formula is C12H21NO3. The molecule has 2 N–H and O–H groups in total. The zero-order valence-electron chi connectivity index (χ0n) is 10.0. The van der Waals surface area contributed by atoms with E-state index < -0.39 is 5.97 Å². The molecular weight excluding hydrogens is 206 g/mol. The Morgan fingerprint density at radius 3 is 2.56 bits per heavy atom. The van der Waals surface area contributed by atoms with Crippen molar-refractivity contribution in [2.24, 2.45) is 5.92 Å². The van der Waals surface area contributed by atoms with Crippen LogP contribution in [0.25, 0.3) is 0 Å². The van der Waals surface area contributed by atoms with E-state index in [0.717, 1.165) is 6.42 Å². The standard InChI is InChI=1S/C12H21NO3/c1-4-6-7-11(14)13-10(8-12(15)16)9(3)5-2/h4,9-10H,1,5-8H2,2-3H3,(H,13,14)(H,15,16)/t9-,10+/m0/s1. The molecule has 0 radical (unpaired) electrons. The van der Waals surface area contributed by atoms with Crippen LogP contribution in [0.2, 0.25) is 0 Å². The Labute approximate surface area is 96.7 Å². The van der Waals surface area contributed by atoms with Crippen LogP contribution in [0, 0.1) is 5.92 Å². The van der Waals surface area contributed by atoms with Crippen LogP contribution in [0.1, 0.15) is 39.5 Å². The fraction of sp³-hybridized carbons (Fsp3) is 0.667. The lowest BCUT2D eigenvalue weighted by molar-refractivity contribution is -0.138. The van der Waals surface area contributed by atoms with Crippen molar-refractivity contribution in [3.05, 3.63) is 12.7 Å². The molecule has 0 aliphatic rings. The van der Waals surface area contributed by atoms with Gasteiger partial charge < -0.3 is 10.4 Å². The molecule has 0 aromatic heterocycles. The molecule has 0 saturated heterocycles. The van der Waals surface area contributed by atoms with Crippen LogP contribution in [-0.2, 0) is 9.59 Å². The van der Waals surface area contributed by atoms with E-state index in [-0.39, 0.29) is 24.3 Å². The van der Waals surface area contributed by atoms with Crippen LogP contribution in [-0.4, -0.2) is 23.0 Å². The second-order valence-electron chi connectivity index (χ2n) is 3.98. The number of carboxylic acids is 1. The maximum atomic E-state index is 11.5. The molecule has 4 nitrogen and oxygen atoms in total. The van der Waals surface area contributed by atoms with E-state index >= 15 is 0 Å². The largest absolute Gasteiger partial charge is 0.481 e. The maximum absolute atomic E-state index is 11.5. The molecule has 0 rings (SSSR count). The quantitative estimate of drug-likeness (QED) is 0.623. The van der Waals surface area contributed by atoms with E-state index in [2.05, 4.69) is 11.9 Å². The predicted octanol–water partition coefficient (Wildman–Crippen LogP) is 1.96. The van der Waals surface area contributed by atoms with Crippen molar-refractivity contribution in [3.63, 3.8) is 0 Å². The van der Waals surface area contributed by atoms with Crippen molar-refractivity contribution in [2.45, 2.75) is 45.6 Å². The Balaban J connectivity index is 4.24. The summed E-state index contributed by atoms with van der Waals surface area (Å²) in [5.74, 6) is -0.815. The minimum atomic E-state index is -0.880. The highest BCUT2D eigenvalue weighted by Gasteiger charge is 2.20. The number of amides is 1. The van der Waals surface area contributed by atoms with E-state index in [0.29, 0.717) is 12.8 Å². The summed E-state index contributed by atoms with van der Waals surface area (Å²) >= 11 is 0. The molecule has 0 heterocycles. The molecule has 0 aromatic carbocycles. The molecule has 16 heavy (non-hydrogen) atoms. The minimum absolute atomic E-state index is 0.0190. The van der Waals surface area contributed by atoms with Gasteiger partial charge in [0.2, 0.25) is 5.91 Å². The molecule has 0 aromatic rings. The van der Waals surface area contributed by atoms with Gasteiger partial charge in [0.05, 0.1) is 6.42 Å². The van der Waals surface area contributed by atoms with Gasteiger partial charge in [-0.3, -0.25) is 9.59 Å². The van der Waals surface area contributed by atoms with E-state index in [1.165, 1.54) is 0 Å². The number of allylic oxidation sites excluding steroid dienone is 1. The smallest absolute Gasteiger partial charge is 0.305 e. The molecule has 2 atom stereocenters. The van der Waals surface area contributed by atoms with Crippen LogP contribution >= 0.6 is 0 Å². The number of carbonyl (C=O) groups excluding carboxylic acids is 1. The van der Waals surface area contributed by atoms with Gasteiger partial charge in [0.1, 0.15) is 0 Å². The highest BCUT2D eigenvalue weighted by atomic mass is 16.4. The van der Waals surface area contributed by atoms with E-state index in [1.54, 1.807) is 6.08 Å². The number of carbonyl (C=O) groups is 2. The third-order valence-corrected chi connectivity index (χ3v) is 2.65. The fourth-order valence-corrected chi connectivity index (χ4v) is 1.38. The lowest BCUT2D eigenvalue weighted by Crippen LogP contribution is -2.40. The molecule has 92 valence electrons. The lowest BCUT2D eigenvalue weighted by Gasteiger charge is -2.22. The summed E-state index contributed by atoms with van der Waals surface area (Å²) < 4.78 is 0. The number of hydrogen-bond acceptors (Lipinski definition) is 2. The first-order valence-corrected chi connectivity index (χ1v) is 5.63. The summed E-state index contributed by atoms with van der Waals surface area (Å²) in [4.78, 5) is 22.1. The number of hydrogen-bond donors (Lipinski definition) is 2. The Kier molecular flexibility index (Phi) is 7.25. The second-order valence-corrected chi connectivity index (χ2v) is 3.98. The molecule has 4 heteroatoms. The van der Waals surface area contributed by atoms with Crippen LogP contribution in [0.5, 0.6) is 0 Å². The Morgan fingerprint density at radius 1 is 1.50 bits per heavy atom. The van der Waals surface area contributed by atoms with Crippen molar-refractivity contribution in [1.82, 2.24) is 5.32 Å². The van der Waals surface area contributed by atoms with Gasteiger partial charge in [0.15, 0.2) is 0 Å². The summed E-state index contributed by atoms with van der Waals surface area (Å²) in [6, 6.07) is -0.278. The van der Waals surface area contributed by atoms with Gasteiger partial charge in [0, 0.05) is 12.5 Å². The highest BCUT2D eigenvalue weighted by molar-refractivity contribution is 5.77. The summed E-state index contributed by atoms with van der Waals surface area (Å²) in [5.41, 5.74) is 0. The fourth-order valence-electron chi connectivity index (χ4n) is 1.38. The minimum Gasteiger partial charge on any atom is -0.481 e. The first-order chi connectivity index (χ1) is 7.51. The van der Waals surface area contributed by atoms with E-state index in [1.807, 2.05) is 13.8 Å². The predicted molar refractivity (Wildman–Crippen MR) is 63.1 cm³/mol. The Bertz CT molecular complexity index is 251. The van der Waals surface area contributed by atoms with Gasteiger partial charge >= 0.3 is 5.97 Å². The first-order valence-electron chi connectivity index (χ1n) is 5.63. The summed E-state index contributed by atoms with van der Waals surface area (Å²) in [5, 5.41) is 11.5. The average molecular weight is 227 g/mol. The maximum Gasteiger partial charge on any atom is 0.305 e. The summed E-state index contributed by atoms with van der Waals surface area (Å²) in [6.07, 6.45) is 3.49. The molecule has 0 saturated carbocycles. The summed E-state index contributed by atoms with van der Waals surface area (Å²) in [6.45, 7) is 7.46. The molecule has 1 amide bonds. The van der Waals surface area contributed by atoms with Gasteiger partial charge in [-0.25, -0.2) is 0 Å². The van der Waals surface area contributed by atoms with Crippen molar-refractivity contribution >= 4 is 11.9 Å². The van der Waals surface area contributed by atoms with Crippen LogP contribution < -0.4 is 5.32 Å². The van der Waals surface area contributed by atoms with Crippen LogP contribution in [0.4, 0.5) is 0 Å². The Morgan fingerprint density at radius 2 is 2.12 bits per heavy atom. The third-order valence-electron chi connectivity index (χ3n) is 2.65. The number of rotatable bonds is 8. The highest BCUT2D eigenvalue weighted by Crippen LogP contribution is 2.11. The van der Waals surface area contributed by atoms with Gasteiger partial charge in [-0.1, -0.05) is 26.3 Å². The van der Waals surface area contributed by atoms with Gasteiger partial charge in [-0.05, 0) is 12.3 Å². The SMILES string of the molecule is C=CCCC(=O)N[C@H](CC(=O)O)[C@@H](C)CC. The Hall–Kier alpha value is -1.32. The molecule has 0 spiro atoms. The van der Waals surface area contributed by atoms with Crippen molar-refractivity contribution in [2.75, 3.05) is 0 Å². The van der Waals surface area contributed by atoms with Crippen molar-refractivity contribution in [3.8, 4) is 0 Å². The molecule has 0 fully saturated rings. The summed E-state index contributed by atoms with van der Waals surface area (Å²) in [7, 11) is 0. The van der Waals surface area contributed by atoms with Crippen molar-refractivity contribution in [1.29, 1.82) is 0 Å². The third kappa shape index (κ3) is 6.22. The molecule has 0 aliphatic heterocycles. The average Bonchev–Trinajstić information content (AvgIpc) is 2.23. The molecule has 0 unspecified atom stereocenters. The normalized spacial score (nSPS) is 13.9. The van der Waals surface area contributed by atoms with Crippen LogP contribution in [0.15, 0.2) is 12.7 Å². The van der Waals surface area contributed by atoms with E-state index in [4.69, 9.17) is 5.11 Å².